The highest BCUT2D eigenvalue weighted by Gasteiger charge is 2.30. The molecular weight excluding hydrogens is 189 g/mol. The van der Waals surface area contributed by atoms with Crippen LogP contribution in [0.25, 0.3) is 0 Å². The van der Waals surface area contributed by atoms with Gasteiger partial charge in [0.25, 0.3) is 0 Å². The van der Waals surface area contributed by atoms with Crippen LogP contribution in [0.15, 0.2) is 35.1 Å². The van der Waals surface area contributed by atoms with Crippen LogP contribution < -0.4 is 5.73 Å². The third kappa shape index (κ3) is 2.71. The summed E-state index contributed by atoms with van der Waals surface area (Å²) in [5.74, 6) is 0.0960. The van der Waals surface area contributed by atoms with Crippen LogP contribution >= 0.6 is 0 Å². The average molecular weight is 209 g/mol. The lowest BCUT2D eigenvalue weighted by molar-refractivity contribution is 0.314. The third-order valence-corrected chi connectivity index (χ3v) is 2.94. The zero-order valence-corrected chi connectivity index (χ0v) is 9.76. The molecule has 0 aromatic heterocycles. The lowest BCUT2D eigenvalue weighted by atomic mass is 10.1. The van der Waals surface area contributed by atoms with Crippen molar-refractivity contribution >= 4 is 0 Å². The van der Waals surface area contributed by atoms with E-state index < -0.39 is 6.17 Å². The highest BCUT2D eigenvalue weighted by molar-refractivity contribution is 5.42. The van der Waals surface area contributed by atoms with Crippen molar-refractivity contribution in [3.63, 3.8) is 0 Å². The fourth-order valence-electron chi connectivity index (χ4n) is 1.85. The topological polar surface area (TPSA) is 26.0 Å². The average Bonchev–Trinajstić information content (AvgIpc) is 2.52. The Morgan fingerprint density at radius 2 is 2.27 bits per heavy atom. The second-order valence-electron chi connectivity index (χ2n) is 4.11. The lowest BCUT2D eigenvalue weighted by Gasteiger charge is -2.05. The predicted molar refractivity (Wildman–Crippen MR) is 63.1 cm³/mol. The van der Waals surface area contributed by atoms with Crippen molar-refractivity contribution in [2.45, 2.75) is 39.8 Å². The molecule has 1 aliphatic carbocycles. The Balaban J connectivity index is 2.92. The maximum Gasteiger partial charge on any atom is 0.128 e. The number of hydrogen-bond acceptors (Lipinski definition) is 1. The fourth-order valence-corrected chi connectivity index (χ4v) is 1.85. The fraction of sp³-hybridized carbons (Fsp3) is 0.538. The van der Waals surface area contributed by atoms with Crippen molar-refractivity contribution in [2.75, 3.05) is 0 Å². The summed E-state index contributed by atoms with van der Waals surface area (Å²) in [6.45, 7) is 5.90. The predicted octanol–water partition coefficient (Wildman–Crippen LogP) is 3.49. The molecule has 1 nitrogen and oxygen atoms in total. The molecule has 0 aromatic carbocycles. The van der Waals surface area contributed by atoms with E-state index in [9.17, 15) is 4.39 Å². The molecule has 1 saturated carbocycles. The molecule has 1 rings (SSSR count). The van der Waals surface area contributed by atoms with Crippen LogP contribution in [-0.4, -0.2) is 6.17 Å². The van der Waals surface area contributed by atoms with Crippen LogP contribution in [0.2, 0.25) is 0 Å². The molecule has 1 fully saturated rings. The van der Waals surface area contributed by atoms with Gasteiger partial charge in [-0.3, -0.25) is 0 Å². The van der Waals surface area contributed by atoms with E-state index in [1.165, 1.54) is 0 Å². The third-order valence-electron chi connectivity index (χ3n) is 2.94. The second kappa shape index (κ2) is 5.15. The molecule has 2 unspecified atom stereocenters. The molecule has 0 radical (unpaired) electrons. The summed E-state index contributed by atoms with van der Waals surface area (Å²) in [4.78, 5) is 0. The normalized spacial score (nSPS) is 32.9. The summed E-state index contributed by atoms with van der Waals surface area (Å²) in [6.07, 6.45) is 6.46. The van der Waals surface area contributed by atoms with Crippen LogP contribution in [0.4, 0.5) is 4.39 Å². The minimum absolute atomic E-state index is 0.0960. The van der Waals surface area contributed by atoms with Crippen molar-refractivity contribution in [1.82, 2.24) is 0 Å². The number of halogens is 1. The van der Waals surface area contributed by atoms with Gasteiger partial charge in [0.2, 0.25) is 0 Å². The van der Waals surface area contributed by atoms with Gasteiger partial charge in [0.15, 0.2) is 0 Å². The number of allylic oxidation sites excluding steroid dienone is 6. The first-order valence-corrected chi connectivity index (χ1v) is 5.56. The first kappa shape index (κ1) is 12.0. The van der Waals surface area contributed by atoms with Crippen LogP contribution in [-0.2, 0) is 0 Å². The standard InChI is InChI=1S/C13H20FN/c1-4-10-8-9(3)13(14)12(10)7-6-11(15)5-2/h4,6-7,9,13H,5,8,15H2,1-3H3/b10-4+,11-6+,12-7+. The van der Waals surface area contributed by atoms with E-state index in [0.29, 0.717) is 0 Å². The van der Waals surface area contributed by atoms with E-state index in [-0.39, 0.29) is 5.92 Å². The summed E-state index contributed by atoms with van der Waals surface area (Å²) in [6, 6.07) is 0. The maximum atomic E-state index is 13.8. The van der Waals surface area contributed by atoms with E-state index in [2.05, 4.69) is 0 Å². The van der Waals surface area contributed by atoms with Gasteiger partial charge < -0.3 is 5.73 Å². The molecule has 0 bridgehead atoms. The summed E-state index contributed by atoms with van der Waals surface area (Å²) < 4.78 is 13.8. The number of alkyl halides is 1. The van der Waals surface area contributed by atoms with Crippen molar-refractivity contribution in [1.29, 1.82) is 0 Å². The number of hydrogen-bond donors (Lipinski definition) is 1. The second-order valence-corrected chi connectivity index (χ2v) is 4.11. The van der Waals surface area contributed by atoms with Gasteiger partial charge in [-0.2, -0.15) is 0 Å². The first-order chi connectivity index (χ1) is 7.10. The SMILES string of the molecule is C\C=C1/CC(C)C(F)/C1=C/C=C(/N)CC. The highest BCUT2D eigenvalue weighted by Crippen LogP contribution is 2.37. The smallest absolute Gasteiger partial charge is 0.128 e. The summed E-state index contributed by atoms with van der Waals surface area (Å²) in [5, 5.41) is 0. The van der Waals surface area contributed by atoms with Crippen LogP contribution in [0.1, 0.15) is 33.6 Å². The Morgan fingerprint density at radius 3 is 2.80 bits per heavy atom. The Kier molecular flexibility index (Phi) is 4.13. The Bertz CT molecular complexity index is 312. The minimum atomic E-state index is -0.836. The Morgan fingerprint density at radius 1 is 1.60 bits per heavy atom. The van der Waals surface area contributed by atoms with Crippen molar-refractivity contribution in [3.8, 4) is 0 Å². The molecule has 0 saturated heterocycles. The Labute approximate surface area is 91.5 Å². The van der Waals surface area contributed by atoms with E-state index in [1.54, 1.807) is 0 Å². The molecule has 0 aliphatic heterocycles. The summed E-state index contributed by atoms with van der Waals surface area (Å²) >= 11 is 0. The van der Waals surface area contributed by atoms with Crippen LogP contribution in [0, 0.1) is 5.92 Å². The lowest BCUT2D eigenvalue weighted by Crippen LogP contribution is -2.05. The van der Waals surface area contributed by atoms with Gasteiger partial charge in [0.1, 0.15) is 6.17 Å². The molecule has 84 valence electrons. The first-order valence-electron chi connectivity index (χ1n) is 5.56. The summed E-state index contributed by atoms with van der Waals surface area (Å²) in [7, 11) is 0. The molecule has 0 spiro atoms. The monoisotopic (exact) mass is 209 g/mol. The van der Waals surface area contributed by atoms with Crippen LogP contribution in [0.3, 0.4) is 0 Å². The molecule has 2 atom stereocenters. The minimum Gasteiger partial charge on any atom is -0.402 e. The zero-order chi connectivity index (χ0) is 11.4. The van der Waals surface area contributed by atoms with E-state index in [1.807, 2.05) is 39.0 Å². The van der Waals surface area contributed by atoms with E-state index >= 15 is 0 Å². The molecule has 0 heterocycles. The van der Waals surface area contributed by atoms with Gasteiger partial charge in [0, 0.05) is 5.70 Å². The van der Waals surface area contributed by atoms with E-state index in [0.717, 1.165) is 29.7 Å². The van der Waals surface area contributed by atoms with Gasteiger partial charge >= 0.3 is 0 Å². The van der Waals surface area contributed by atoms with Crippen molar-refractivity contribution in [3.05, 3.63) is 35.1 Å². The zero-order valence-electron chi connectivity index (χ0n) is 9.76. The number of rotatable bonds is 2. The quantitative estimate of drug-likeness (QED) is 0.740. The largest absolute Gasteiger partial charge is 0.402 e. The van der Waals surface area contributed by atoms with Crippen molar-refractivity contribution in [2.24, 2.45) is 11.7 Å². The highest BCUT2D eigenvalue weighted by atomic mass is 19.1. The van der Waals surface area contributed by atoms with Gasteiger partial charge in [-0.05, 0) is 42.9 Å². The van der Waals surface area contributed by atoms with Gasteiger partial charge in [-0.1, -0.05) is 26.0 Å². The molecule has 2 N–H and O–H groups in total. The maximum absolute atomic E-state index is 13.8. The summed E-state index contributed by atoms with van der Waals surface area (Å²) in [5.41, 5.74) is 8.42. The molecular formula is C13H20FN. The molecule has 0 aromatic rings. The van der Waals surface area contributed by atoms with Gasteiger partial charge in [0.05, 0.1) is 0 Å². The van der Waals surface area contributed by atoms with Crippen LogP contribution in [0.5, 0.6) is 0 Å². The molecule has 0 amide bonds. The number of nitrogens with two attached hydrogens (primary N) is 1. The van der Waals surface area contributed by atoms with Crippen molar-refractivity contribution < 1.29 is 4.39 Å². The van der Waals surface area contributed by atoms with Gasteiger partial charge in [-0.25, -0.2) is 4.39 Å². The van der Waals surface area contributed by atoms with Gasteiger partial charge in [-0.15, -0.1) is 0 Å². The molecule has 15 heavy (non-hydrogen) atoms. The van der Waals surface area contributed by atoms with E-state index in [4.69, 9.17) is 5.73 Å². The molecule has 2 heteroatoms. The Hall–Kier alpha value is -1.05. The molecule has 1 aliphatic rings.